The molecule has 0 amide bonds. The fraction of sp³-hybridized carbons (Fsp3) is 0.895. The van der Waals surface area contributed by atoms with Crippen LogP contribution >= 0.6 is 0 Å². The predicted molar refractivity (Wildman–Crippen MR) is 102 cm³/mol. The Balaban J connectivity index is 0.000000710. The molecule has 2 saturated carbocycles. The van der Waals surface area contributed by atoms with Gasteiger partial charge in [-0.2, -0.15) is 0 Å². The number of rotatable bonds is 7. The van der Waals surface area contributed by atoms with Gasteiger partial charge in [0, 0.05) is 6.42 Å². The zero-order valence-corrected chi connectivity index (χ0v) is 16.4. The normalized spacial score (nSPS) is 29.6. The van der Waals surface area contributed by atoms with Crippen LogP contribution in [0.4, 0.5) is 0 Å². The molecule has 2 fully saturated rings. The molecule has 0 aromatic rings. The van der Waals surface area contributed by atoms with E-state index >= 15 is 0 Å². The number of carbonyl (C=O) groups excluding carboxylic acids is 1. The highest BCUT2D eigenvalue weighted by atomic mass is 16.4. The number of carboxylic acid groups (broad SMARTS) is 1. The summed E-state index contributed by atoms with van der Waals surface area (Å²) < 4.78 is 0. The van der Waals surface area contributed by atoms with Gasteiger partial charge in [-0.1, -0.05) is 33.0 Å². The van der Waals surface area contributed by atoms with E-state index in [2.05, 4.69) is 12.7 Å². The number of carbonyl (C=O) groups is 2. The number of nitrogens with two attached hydrogens (primary N) is 1. The van der Waals surface area contributed by atoms with Crippen LogP contribution in [0.1, 0.15) is 65.7 Å². The molecule has 0 bridgehead atoms. The Morgan fingerprint density at radius 1 is 1.16 bits per heavy atom. The fourth-order valence-corrected chi connectivity index (χ4v) is 4.35. The quantitative estimate of drug-likeness (QED) is 0.482. The molecule has 0 aromatic carbocycles. The van der Waals surface area contributed by atoms with Crippen molar-refractivity contribution in [2.75, 3.05) is 7.05 Å². The van der Waals surface area contributed by atoms with Crippen molar-refractivity contribution in [1.29, 1.82) is 0 Å². The lowest BCUT2D eigenvalue weighted by Gasteiger charge is -2.22. The Bertz CT molecular complexity index is 392. The third-order valence-electron chi connectivity index (χ3n) is 5.73. The summed E-state index contributed by atoms with van der Waals surface area (Å²) in [6, 6.07) is 0. The zero-order chi connectivity index (χ0) is 19.4. The number of aliphatic carboxylic acids is 1. The van der Waals surface area contributed by atoms with Gasteiger partial charge in [-0.15, -0.1) is 0 Å². The van der Waals surface area contributed by atoms with Crippen molar-refractivity contribution in [1.82, 2.24) is 0 Å². The molecule has 2 aliphatic rings. The van der Waals surface area contributed by atoms with Gasteiger partial charge in [0.2, 0.25) is 0 Å². The molecule has 2 aliphatic carbocycles. The van der Waals surface area contributed by atoms with E-state index in [0.29, 0.717) is 30.5 Å². The maximum atomic E-state index is 11.4. The monoisotopic (exact) mass is 354 g/mol. The minimum atomic E-state index is -0.601. The Hall–Kier alpha value is -0.875. The van der Waals surface area contributed by atoms with Crippen molar-refractivity contribution in [2.45, 2.75) is 72.0 Å². The number of carboxylic acids is 1. The van der Waals surface area contributed by atoms with Crippen LogP contribution in [-0.2, 0) is 9.59 Å². The van der Waals surface area contributed by atoms with Gasteiger partial charge < -0.3 is 20.7 Å². The fourth-order valence-electron chi connectivity index (χ4n) is 4.35. The third kappa shape index (κ3) is 7.91. The molecule has 0 aromatic heterocycles. The summed E-state index contributed by atoms with van der Waals surface area (Å²) in [6.07, 6.45) is 7.85. The van der Waals surface area contributed by atoms with E-state index in [-0.39, 0.29) is 11.7 Å². The first-order chi connectivity index (χ1) is 11.9. The molecular formula is C19H37BNO4. The highest BCUT2D eigenvalue weighted by Crippen LogP contribution is 2.54. The average molecular weight is 354 g/mol. The number of fused-ring (bicyclic) bond motifs is 1. The van der Waals surface area contributed by atoms with Crippen molar-refractivity contribution in [3.05, 3.63) is 0 Å². The first-order valence-corrected chi connectivity index (χ1v) is 9.70. The van der Waals surface area contributed by atoms with Gasteiger partial charge in [0.15, 0.2) is 0 Å². The lowest BCUT2D eigenvalue weighted by atomic mass is 9.80. The lowest BCUT2D eigenvalue weighted by Crippen LogP contribution is -2.22. The summed E-state index contributed by atoms with van der Waals surface area (Å²) in [4.78, 5) is 21.2. The van der Waals surface area contributed by atoms with Crippen LogP contribution in [-0.4, -0.2) is 36.4 Å². The van der Waals surface area contributed by atoms with E-state index in [9.17, 15) is 14.7 Å². The van der Waals surface area contributed by atoms with Crippen LogP contribution in [0.2, 0.25) is 6.32 Å². The van der Waals surface area contributed by atoms with Crippen molar-refractivity contribution in [3.63, 3.8) is 0 Å². The molecule has 0 heterocycles. The van der Waals surface area contributed by atoms with E-state index in [1.165, 1.54) is 33.8 Å². The summed E-state index contributed by atoms with van der Waals surface area (Å²) in [5, 5.41) is 18.1. The second-order valence-electron chi connectivity index (χ2n) is 7.18. The molecule has 145 valence electrons. The van der Waals surface area contributed by atoms with E-state index in [1.807, 2.05) is 6.92 Å². The van der Waals surface area contributed by atoms with Crippen molar-refractivity contribution in [2.24, 2.45) is 35.3 Å². The van der Waals surface area contributed by atoms with Gasteiger partial charge in [-0.25, -0.2) is 0 Å². The Kier molecular flexibility index (Phi) is 12.9. The number of hydrogen-bond acceptors (Lipinski definition) is 4. The standard InChI is InChI=1S/C14H24BO3.C4H8O.CH5N/c1-2-9-6-10-8-13(14(16)17)11(12(10)7-9)4-3-5-15-18;1-3-4(2)5;1-2/h9-13,18H,2-8H2,1H3,(H,16,17);3H2,1-2H3;2H2,1H3. The number of ketones is 1. The smallest absolute Gasteiger partial charge is 0.306 e. The first-order valence-electron chi connectivity index (χ1n) is 9.70. The molecule has 0 aliphatic heterocycles. The van der Waals surface area contributed by atoms with Crippen molar-refractivity contribution in [3.8, 4) is 0 Å². The molecule has 0 spiro atoms. The average Bonchev–Trinajstić information content (AvgIpc) is 3.16. The molecule has 2 rings (SSSR count). The maximum Gasteiger partial charge on any atom is 0.306 e. The van der Waals surface area contributed by atoms with Gasteiger partial charge in [0.1, 0.15) is 5.78 Å². The molecule has 5 unspecified atom stereocenters. The molecule has 0 saturated heterocycles. The summed E-state index contributed by atoms with van der Waals surface area (Å²) >= 11 is 0. The molecule has 5 nitrogen and oxygen atoms in total. The van der Waals surface area contributed by atoms with Gasteiger partial charge in [-0.05, 0) is 63.3 Å². The third-order valence-corrected chi connectivity index (χ3v) is 5.73. The van der Waals surface area contributed by atoms with Gasteiger partial charge in [0.05, 0.1) is 5.92 Å². The molecule has 4 N–H and O–H groups in total. The lowest BCUT2D eigenvalue weighted by molar-refractivity contribution is -0.143. The Labute approximate surface area is 154 Å². The molecular weight excluding hydrogens is 317 g/mol. The maximum absolute atomic E-state index is 11.4. The Morgan fingerprint density at radius 2 is 1.76 bits per heavy atom. The van der Waals surface area contributed by atoms with E-state index < -0.39 is 5.97 Å². The minimum absolute atomic E-state index is 0.128. The zero-order valence-electron chi connectivity index (χ0n) is 16.4. The number of hydrogen-bond donors (Lipinski definition) is 3. The second kappa shape index (κ2) is 13.3. The van der Waals surface area contributed by atoms with Gasteiger partial charge in [0.25, 0.3) is 7.48 Å². The van der Waals surface area contributed by atoms with Crippen molar-refractivity contribution >= 4 is 19.2 Å². The van der Waals surface area contributed by atoms with Crippen LogP contribution in [0.15, 0.2) is 0 Å². The van der Waals surface area contributed by atoms with E-state index in [1.54, 1.807) is 6.92 Å². The van der Waals surface area contributed by atoms with Crippen LogP contribution < -0.4 is 5.73 Å². The predicted octanol–water partition coefficient (Wildman–Crippen LogP) is 3.13. The molecule has 25 heavy (non-hydrogen) atoms. The summed E-state index contributed by atoms with van der Waals surface area (Å²) in [6.45, 7) is 5.68. The topological polar surface area (TPSA) is 101 Å². The Morgan fingerprint density at radius 3 is 2.20 bits per heavy atom. The second-order valence-corrected chi connectivity index (χ2v) is 7.18. The minimum Gasteiger partial charge on any atom is -0.481 e. The van der Waals surface area contributed by atoms with Crippen LogP contribution in [0, 0.1) is 29.6 Å². The molecule has 6 heteroatoms. The van der Waals surface area contributed by atoms with Crippen molar-refractivity contribution < 1.29 is 19.7 Å². The SMILES string of the molecule is CCC(C)=O.CCC1CC2CC(C(=O)O)C(CCC[B]O)C2C1.CN. The molecule has 5 atom stereocenters. The first kappa shape index (κ1) is 24.1. The molecule has 1 radical (unpaired) electrons. The largest absolute Gasteiger partial charge is 0.481 e. The highest BCUT2D eigenvalue weighted by Gasteiger charge is 2.49. The van der Waals surface area contributed by atoms with Crippen LogP contribution in [0.5, 0.6) is 0 Å². The van der Waals surface area contributed by atoms with Crippen LogP contribution in [0.3, 0.4) is 0 Å². The van der Waals surface area contributed by atoms with E-state index in [4.69, 9.17) is 5.02 Å². The number of Topliss-reactive ketones (excluding diaryl/α,β-unsaturated/α-hetero) is 1. The van der Waals surface area contributed by atoms with Crippen LogP contribution in [0.25, 0.3) is 0 Å². The summed E-state index contributed by atoms with van der Waals surface area (Å²) in [5.41, 5.74) is 4.50. The summed E-state index contributed by atoms with van der Waals surface area (Å²) in [5.74, 6) is 1.98. The summed E-state index contributed by atoms with van der Waals surface area (Å²) in [7, 11) is 2.70. The van der Waals surface area contributed by atoms with Gasteiger partial charge >= 0.3 is 5.97 Å². The van der Waals surface area contributed by atoms with E-state index in [0.717, 1.165) is 25.2 Å². The van der Waals surface area contributed by atoms with Gasteiger partial charge in [-0.3, -0.25) is 4.79 Å². The highest BCUT2D eigenvalue weighted by molar-refractivity contribution is 6.25.